The normalized spacial score (nSPS) is 12.9. The van der Waals surface area contributed by atoms with E-state index < -0.39 is 0 Å². The second-order valence-electron chi connectivity index (χ2n) is 3.76. The van der Waals surface area contributed by atoms with Crippen LogP contribution >= 0.6 is 11.8 Å². The van der Waals surface area contributed by atoms with Crippen LogP contribution in [0.15, 0.2) is 23.1 Å². The van der Waals surface area contributed by atoms with E-state index in [0.29, 0.717) is 5.25 Å². The zero-order valence-corrected chi connectivity index (χ0v) is 10.2. The molecule has 0 radical (unpaired) electrons. The van der Waals surface area contributed by atoms with Crippen LogP contribution in [0.4, 0.5) is 0 Å². The van der Waals surface area contributed by atoms with Gasteiger partial charge in [0.2, 0.25) is 0 Å². The van der Waals surface area contributed by atoms with Gasteiger partial charge in [0.1, 0.15) is 0 Å². The molecule has 1 atom stereocenters. The molecule has 0 aromatic heterocycles. The minimum Gasteiger partial charge on any atom is -0.319 e. The SMILES string of the molecule is CNCC(C)Sc1ccc(C)cc1C. The van der Waals surface area contributed by atoms with E-state index in [-0.39, 0.29) is 0 Å². The molecule has 1 unspecified atom stereocenters. The van der Waals surface area contributed by atoms with Crippen LogP contribution in [0.1, 0.15) is 18.1 Å². The van der Waals surface area contributed by atoms with Gasteiger partial charge in [0.05, 0.1) is 0 Å². The molecule has 0 aliphatic rings. The second kappa shape index (κ2) is 5.42. The number of nitrogens with one attached hydrogen (secondary N) is 1. The fraction of sp³-hybridized carbons (Fsp3) is 0.500. The molecule has 0 aliphatic heterocycles. The van der Waals surface area contributed by atoms with Gasteiger partial charge in [-0.25, -0.2) is 0 Å². The Balaban J connectivity index is 2.67. The Labute approximate surface area is 91.3 Å². The maximum atomic E-state index is 3.20. The molecule has 0 aliphatic carbocycles. The molecule has 0 amide bonds. The van der Waals surface area contributed by atoms with Crippen molar-refractivity contribution in [1.82, 2.24) is 5.32 Å². The van der Waals surface area contributed by atoms with Gasteiger partial charge in [-0.05, 0) is 32.5 Å². The van der Waals surface area contributed by atoms with E-state index in [1.807, 2.05) is 18.8 Å². The van der Waals surface area contributed by atoms with Crippen LogP contribution in [0, 0.1) is 13.8 Å². The summed E-state index contributed by atoms with van der Waals surface area (Å²) in [5, 5.41) is 3.82. The fourth-order valence-corrected chi connectivity index (χ4v) is 2.55. The summed E-state index contributed by atoms with van der Waals surface area (Å²) in [6, 6.07) is 6.65. The Kier molecular flexibility index (Phi) is 4.49. The minimum atomic E-state index is 0.626. The van der Waals surface area contributed by atoms with Crippen molar-refractivity contribution in [3.8, 4) is 0 Å². The molecule has 0 spiro atoms. The molecule has 0 fully saturated rings. The molecule has 0 saturated heterocycles. The van der Waals surface area contributed by atoms with Crippen LogP contribution in [0.25, 0.3) is 0 Å². The lowest BCUT2D eigenvalue weighted by Crippen LogP contribution is -2.17. The van der Waals surface area contributed by atoms with E-state index in [4.69, 9.17) is 0 Å². The summed E-state index contributed by atoms with van der Waals surface area (Å²) in [5.41, 5.74) is 2.73. The third kappa shape index (κ3) is 3.35. The first-order valence-corrected chi connectivity index (χ1v) is 5.90. The zero-order chi connectivity index (χ0) is 10.6. The quantitative estimate of drug-likeness (QED) is 0.765. The minimum absolute atomic E-state index is 0.626. The van der Waals surface area contributed by atoms with Crippen molar-refractivity contribution in [3.05, 3.63) is 29.3 Å². The van der Waals surface area contributed by atoms with Gasteiger partial charge in [0.15, 0.2) is 0 Å². The van der Waals surface area contributed by atoms with Crippen molar-refractivity contribution >= 4 is 11.8 Å². The maximum absolute atomic E-state index is 3.20. The van der Waals surface area contributed by atoms with Crippen LogP contribution in [0.5, 0.6) is 0 Å². The molecule has 1 aromatic carbocycles. The molecule has 1 N–H and O–H groups in total. The van der Waals surface area contributed by atoms with Gasteiger partial charge in [-0.1, -0.05) is 24.6 Å². The van der Waals surface area contributed by atoms with Crippen molar-refractivity contribution in [2.45, 2.75) is 30.9 Å². The molecule has 0 heterocycles. The Morgan fingerprint density at radius 2 is 2.07 bits per heavy atom. The largest absolute Gasteiger partial charge is 0.319 e. The summed E-state index contributed by atoms with van der Waals surface area (Å²) >= 11 is 1.94. The van der Waals surface area contributed by atoms with Crippen molar-refractivity contribution in [1.29, 1.82) is 0 Å². The van der Waals surface area contributed by atoms with Crippen LogP contribution in [0.2, 0.25) is 0 Å². The molecule has 1 aromatic rings. The van der Waals surface area contributed by atoms with Crippen LogP contribution in [-0.4, -0.2) is 18.8 Å². The second-order valence-corrected chi connectivity index (χ2v) is 5.24. The number of rotatable bonds is 4. The first kappa shape index (κ1) is 11.6. The number of benzene rings is 1. The molecule has 78 valence electrons. The van der Waals surface area contributed by atoms with E-state index in [9.17, 15) is 0 Å². The van der Waals surface area contributed by atoms with Crippen molar-refractivity contribution in [2.75, 3.05) is 13.6 Å². The van der Waals surface area contributed by atoms with Crippen molar-refractivity contribution in [3.63, 3.8) is 0 Å². The summed E-state index contributed by atoms with van der Waals surface area (Å²) in [7, 11) is 2.00. The Morgan fingerprint density at radius 3 is 2.64 bits per heavy atom. The van der Waals surface area contributed by atoms with Crippen LogP contribution < -0.4 is 5.32 Å². The third-order valence-corrected chi connectivity index (χ3v) is 3.43. The van der Waals surface area contributed by atoms with Gasteiger partial charge in [-0.15, -0.1) is 11.8 Å². The van der Waals surface area contributed by atoms with E-state index in [1.54, 1.807) is 0 Å². The van der Waals surface area contributed by atoms with Gasteiger partial charge < -0.3 is 5.32 Å². The molecule has 0 bridgehead atoms. The molecular weight excluding hydrogens is 190 g/mol. The zero-order valence-electron chi connectivity index (χ0n) is 9.42. The smallest absolute Gasteiger partial charge is 0.0191 e. The van der Waals surface area contributed by atoms with Crippen LogP contribution in [0.3, 0.4) is 0 Å². The number of hydrogen-bond acceptors (Lipinski definition) is 2. The van der Waals surface area contributed by atoms with Crippen molar-refractivity contribution < 1.29 is 0 Å². The lowest BCUT2D eigenvalue weighted by molar-refractivity contribution is 0.785. The number of hydrogen-bond donors (Lipinski definition) is 1. The highest BCUT2D eigenvalue weighted by Crippen LogP contribution is 2.26. The predicted octanol–water partition coefficient (Wildman–Crippen LogP) is 3.00. The molecule has 2 heteroatoms. The van der Waals surface area contributed by atoms with Gasteiger partial charge in [-0.3, -0.25) is 0 Å². The lowest BCUT2D eigenvalue weighted by Gasteiger charge is -2.12. The monoisotopic (exact) mass is 209 g/mol. The fourth-order valence-electron chi connectivity index (χ4n) is 1.48. The Hall–Kier alpha value is -0.470. The van der Waals surface area contributed by atoms with Gasteiger partial charge in [0, 0.05) is 16.7 Å². The van der Waals surface area contributed by atoms with E-state index in [2.05, 4.69) is 44.3 Å². The van der Waals surface area contributed by atoms with Gasteiger partial charge in [-0.2, -0.15) is 0 Å². The topological polar surface area (TPSA) is 12.0 Å². The average Bonchev–Trinajstić information content (AvgIpc) is 2.10. The molecular formula is C12H19NS. The lowest BCUT2D eigenvalue weighted by atomic mass is 10.2. The van der Waals surface area contributed by atoms with E-state index >= 15 is 0 Å². The Bertz CT molecular complexity index is 296. The highest BCUT2D eigenvalue weighted by atomic mass is 32.2. The molecule has 14 heavy (non-hydrogen) atoms. The summed E-state index contributed by atoms with van der Waals surface area (Å²) in [6.45, 7) is 7.62. The predicted molar refractivity (Wildman–Crippen MR) is 65.2 cm³/mol. The molecule has 1 nitrogen and oxygen atoms in total. The molecule has 0 saturated carbocycles. The van der Waals surface area contributed by atoms with Crippen LogP contribution in [-0.2, 0) is 0 Å². The standard InChI is InChI=1S/C12H19NS/c1-9-5-6-12(10(2)7-9)14-11(3)8-13-4/h5-7,11,13H,8H2,1-4H3. The summed E-state index contributed by atoms with van der Waals surface area (Å²) in [5.74, 6) is 0. The van der Waals surface area contributed by atoms with E-state index in [0.717, 1.165) is 6.54 Å². The summed E-state index contributed by atoms with van der Waals surface area (Å²) in [6.07, 6.45) is 0. The first-order chi connectivity index (χ1) is 6.63. The molecule has 1 rings (SSSR count). The third-order valence-electron chi connectivity index (χ3n) is 2.15. The highest BCUT2D eigenvalue weighted by molar-refractivity contribution is 8.00. The average molecular weight is 209 g/mol. The van der Waals surface area contributed by atoms with Gasteiger partial charge in [0.25, 0.3) is 0 Å². The number of thioether (sulfide) groups is 1. The first-order valence-electron chi connectivity index (χ1n) is 5.02. The highest BCUT2D eigenvalue weighted by Gasteiger charge is 2.05. The van der Waals surface area contributed by atoms with Gasteiger partial charge >= 0.3 is 0 Å². The maximum Gasteiger partial charge on any atom is 0.0191 e. The summed E-state index contributed by atoms with van der Waals surface area (Å²) in [4.78, 5) is 1.40. The van der Waals surface area contributed by atoms with Crippen molar-refractivity contribution in [2.24, 2.45) is 0 Å². The summed E-state index contributed by atoms with van der Waals surface area (Å²) < 4.78 is 0. The Morgan fingerprint density at radius 1 is 1.36 bits per heavy atom. The van der Waals surface area contributed by atoms with E-state index in [1.165, 1.54) is 16.0 Å². The number of aryl methyl sites for hydroxylation is 2.